The topological polar surface area (TPSA) is 69.6 Å². The smallest absolute Gasteiger partial charge is 0.304 e. The van der Waals surface area contributed by atoms with Gasteiger partial charge in [-0.1, -0.05) is 19.8 Å². The molecule has 3 atom stereocenters. The van der Waals surface area contributed by atoms with Crippen molar-refractivity contribution in [1.29, 1.82) is 0 Å². The third-order valence-corrected chi connectivity index (χ3v) is 4.16. The largest absolute Gasteiger partial charge is 0.481 e. The van der Waals surface area contributed by atoms with Gasteiger partial charge in [0.25, 0.3) is 0 Å². The number of hydrogen-bond acceptors (Lipinski definition) is 3. The quantitative estimate of drug-likeness (QED) is 0.767. The van der Waals surface area contributed by atoms with Crippen LogP contribution in [0.2, 0.25) is 0 Å². The number of carboxylic acid groups (broad SMARTS) is 1. The molecule has 1 fully saturated rings. The maximum Gasteiger partial charge on any atom is 0.304 e. The Balaban J connectivity index is 2.40. The highest BCUT2D eigenvalue weighted by atomic mass is 16.4. The molecule has 0 aromatic heterocycles. The lowest BCUT2D eigenvalue weighted by Crippen LogP contribution is -2.49. The minimum Gasteiger partial charge on any atom is -0.481 e. The molecule has 1 saturated carbocycles. The van der Waals surface area contributed by atoms with Gasteiger partial charge in [0.05, 0.1) is 12.5 Å². The van der Waals surface area contributed by atoms with Gasteiger partial charge in [0.15, 0.2) is 0 Å². The molecule has 5 heteroatoms. The Hall–Kier alpha value is -1.10. The van der Waals surface area contributed by atoms with Crippen LogP contribution in [0.3, 0.4) is 0 Å². The van der Waals surface area contributed by atoms with E-state index in [1.807, 2.05) is 6.92 Å². The maximum atomic E-state index is 12.1. The number of nitrogens with one attached hydrogen (secondary N) is 1. The molecule has 0 heterocycles. The molecule has 2 N–H and O–H groups in total. The molecule has 3 unspecified atom stereocenters. The molecule has 110 valence electrons. The van der Waals surface area contributed by atoms with Crippen molar-refractivity contribution in [1.82, 2.24) is 10.2 Å². The van der Waals surface area contributed by atoms with Gasteiger partial charge in [0.1, 0.15) is 0 Å². The van der Waals surface area contributed by atoms with Gasteiger partial charge in [-0.2, -0.15) is 0 Å². The number of carboxylic acids is 1. The lowest BCUT2D eigenvalue weighted by molar-refractivity contribution is -0.138. The molecular weight excluding hydrogens is 244 g/mol. The number of amides is 1. The minimum atomic E-state index is -0.833. The second kappa shape index (κ2) is 7.48. The Kier molecular flexibility index (Phi) is 6.28. The van der Waals surface area contributed by atoms with Crippen LogP contribution in [0.5, 0.6) is 0 Å². The van der Waals surface area contributed by atoms with E-state index < -0.39 is 5.97 Å². The van der Waals surface area contributed by atoms with Crippen LogP contribution < -0.4 is 5.32 Å². The van der Waals surface area contributed by atoms with Crippen molar-refractivity contribution < 1.29 is 14.7 Å². The van der Waals surface area contributed by atoms with E-state index in [1.54, 1.807) is 11.9 Å². The molecule has 0 aliphatic heterocycles. The van der Waals surface area contributed by atoms with Crippen LogP contribution in [-0.2, 0) is 9.59 Å². The first-order valence-electron chi connectivity index (χ1n) is 7.14. The predicted octanol–water partition coefficient (Wildman–Crippen LogP) is 1.48. The SMILES string of the molecule is CC1CCCCC1NC(=O)C(C)N(C)CCC(=O)O. The van der Waals surface area contributed by atoms with E-state index in [2.05, 4.69) is 12.2 Å². The molecule has 0 saturated heterocycles. The number of rotatable bonds is 6. The highest BCUT2D eigenvalue weighted by Crippen LogP contribution is 2.23. The number of carbonyl (C=O) groups is 2. The molecule has 1 rings (SSSR count). The number of carbonyl (C=O) groups excluding carboxylic acids is 1. The van der Waals surface area contributed by atoms with Gasteiger partial charge in [-0.15, -0.1) is 0 Å². The summed E-state index contributed by atoms with van der Waals surface area (Å²) in [6.45, 7) is 4.40. The fraction of sp³-hybridized carbons (Fsp3) is 0.857. The first-order chi connectivity index (χ1) is 8.91. The van der Waals surface area contributed by atoms with Gasteiger partial charge in [-0.25, -0.2) is 0 Å². The van der Waals surface area contributed by atoms with Crippen LogP contribution in [0, 0.1) is 5.92 Å². The van der Waals surface area contributed by atoms with Crippen LogP contribution in [0.1, 0.15) is 46.0 Å². The monoisotopic (exact) mass is 270 g/mol. The minimum absolute atomic E-state index is 0.00615. The van der Waals surface area contributed by atoms with Gasteiger partial charge in [0, 0.05) is 12.6 Å². The second-order valence-electron chi connectivity index (χ2n) is 5.68. The van der Waals surface area contributed by atoms with Gasteiger partial charge in [0.2, 0.25) is 5.91 Å². The normalized spacial score (nSPS) is 25.1. The highest BCUT2D eigenvalue weighted by Gasteiger charge is 2.26. The molecule has 0 aromatic carbocycles. The van der Waals surface area contributed by atoms with Crippen molar-refractivity contribution in [2.24, 2.45) is 5.92 Å². The van der Waals surface area contributed by atoms with Gasteiger partial charge in [-0.3, -0.25) is 14.5 Å². The fourth-order valence-electron chi connectivity index (χ4n) is 2.50. The Morgan fingerprint density at radius 1 is 1.37 bits per heavy atom. The number of likely N-dealkylation sites (N-methyl/N-ethyl adjacent to an activating group) is 1. The van der Waals surface area contributed by atoms with Crippen molar-refractivity contribution in [2.75, 3.05) is 13.6 Å². The van der Waals surface area contributed by atoms with E-state index in [-0.39, 0.29) is 24.4 Å². The maximum absolute atomic E-state index is 12.1. The van der Waals surface area contributed by atoms with Gasteiger partial charge < -0.3 is 10.4 Å². The lowest BCUT2D eigenvalue weighted by atomic mass is 9.86. The number of aliphatic carboxylic acids is 1. The van der Waals surface area contributed by atoms with Crippen LogP contribution in [0.4, 0.5) is 0 Å². The van der Waals surface area contributed by atoms with E-state index in [0.717, 1.165) is 6.42 Å². The highest BCUT2D eigenvalue weighted by molar-refractivity contribution is 5.81. The van der Waals surface area contributed by atoms with E-state index >= 15 is 0 Å². The summed E-state index contributed by atoms with van der Waals surface area (Å²) in [5.74, 6) is -0.291. The zero-order chi connectivity index (χ0) is 14.4. The summed E-state index contributed by atoms with van der Waals surface area (Å²) in [6.07, 6.45) is 4.72. The average molecular weight is 270 g/mol. The van der Waals surface area contributed by atoms with Crippen LogP contribution in [0.15, 0.2) is 0 Å². The average Bonchev–Trinajstić information content (AvgIpc) is 2.37. The molecule has 1 aliphatic rings. The van der Waals surface area contributed by atoms with Gasteiger partial charge in [-0.05, 0) is 32.7 Å². The fourth-order valence-corrected chi connectivity index (χ4v) is 2.50. The Bertz CT molecular complexity index is 320. The molecule has 0 radical (unpaired) electrons. The molecule has 0 aromatic rings. The van der Waals surface area contributed by atoms with E-state index in [4.69, 9.17) is 5.11 Å². The third kappa shape index (κ3) is 5.19. The van der Waals surface area contributed by atoms with E-state index in [0.29, 0.717) is 12.5 Å². The summed E-state index contributed by atoms with van der Waals surface area (Å²) in [6, 6.07) is -0.00921. The molecule has 19 heavy (non-hydrogen) atoms. The molecule has 1 aliphatic carbocycles. The zero-order valence-corrected chi connectivity index (χ0v) is 12.2. The molecule has 0 bridgehead atoms. The van der Waals surface area contributed by atoms with Crippen molar-refractivity contribution >= 4 is 11.9 Å². The second-order valence-corrected chi connectivity index (χ2v) is 5.68. The first-order valence-corrected chi connectivity index (χ1v) is 7.14. The summed E-state index contributed by atoms with van der Waals surface area (Å²) in [7, 11) is 1.79. The summed E-state index contributed by atoms with van der Waals surface area (Å²) in [5, 5.41) is 11.8. The molecule has 1 amide bonds. The molecular formula is C14H26N2O3. The van der Waals surface area contributed by atoms with Crippen molar-refractivity contribution in [3.8, 4) is 0 Å². The number of hydrogen-bond donors (Lipinski definition) is 2. The summed E-state index contributed by atoms with van der Waals surface area (Å²) in [5.41, 5.74) is 0. The van der Waals surface area contributed by atoms with Gasteiger partial charge >= 0.3 is 5.97 Å². The predicted molar refractivity (Wildman–Crippen MR) is 73.9 cm³/mol. The van der Waals surface area contributed by atoms with Crippen LogP contribution in [0.25, 0.3) is 0 Å². The Morgan fingerprint density at radius 3 is 2.58 bits per heavy atom. The van der Waals surface area contributed by atoms with Crippen molar-refractivity contribution in [2.45, 2.75) is 58.0 Å². The summed E-state index contributed by atoms with van der Waals surface area (Å²) >= 11 is 0. The van der Waals surface area contributed by atoms with Crippen molar-refractivity contribution in [3.63, 3.8) is 0 Å². The van der Waals surface area contributed by atoms with Crippen molar-refractivity contribution in [3.05, 3.63) is 0 Å². The first kappa shape index (κ1) is 16.0. The lowest BCUT2D eigenvalue weighted by Gasteiger charge is -2.32. The van der Waals surface area contributed by atoms with E-state index in [9.17, 15) is 9.59 Å². The standard InChI is InChI=1S/C14H26N2O3/c1-10-6-4-5-7-12(10)15-14(19)11(2)16(3)9-8-13(17)18/h10-12H,4-9H2,1-3H3,(H,15,19)(H,17,18). The van der Waals surface area contributed by atoms with E-state index in [1.165, 1.54) is 19.3 Å². The van der Waals surface area contributed by atoms with Crippen LogP contribution >= 0.6 is 0 Å². The molecule has 0 spiro atoms. The zero-order valence-electron chi connectivity index (χ0n) is 12.2. The third-order valence-electron chi connectivity index (χ3n) is 4.16. The van der Waals surface area contributed by atoms with Crippen LogP contribution in [-0.4, -0.2) is 47.6 Å². The summed E-state index contributed by atoms with van der Waals surface area (Å²) < 4.78 is 0. The Morgan fingerprint density at radius 2 is 2.00 bits per heavy atom. The Labute approximate surface area is 115 Å². The summed E-state index contributed by atoms with van der Waals surface area (Å²) in [4.78, 5) is 24.5. The molecule has 5 nitrogen and oxygen atoms in total. The number of nitrogens with zero attached hydrogens (tertiary/aromatic N) is 1.